The maximum Gasteiger partial charge on any atom is 0.356 e. The lowest BCUT2D eigenvalue weighted by atomic mass is 10.1. The van der Waals surface area contributed by atoms with Crippen molar-refractivity contribution in [1.82, 2.24) is 11.0 Å². The fourth-order valence-electron chi connectivity index (χ4n) is 1.14. The van der Waals surface area contributed by atoms with E-state index in [1.165, 1.54) is 24.3 Å². The molecule has 0 amide bonds. The summed E-state index contributed by atoms with van der Waals surface area (Å²) in [7, 11) is 0. The van der Waals surface area contributed by atoms with E-state index in [1.54, 1.807) is 0 Å². The van der Waals surface area contributed by atoms with Crippen molar-refractivity contribution in [2.75, 3.05) is 13.1 Å². The molecule has 6 nitrogen and oxygen atoms in total. The van der Waals surface area contributed by atoms with Gasteiger partial charge in [-0.2, -0.15) is 11.0 Å². The quantitative estimate of drug-likeness (QED) is 0.737. The molecule has 0 bridgehead atoms. The van der Waals surface area contributed by atoms with Gasteiger partial charge in [0, 0.05) is 13.1 Å². The second-order valence-corrected chi connectivity index (χ2v) is 3.35. The minimum atomic E-state index is -0.497. The summed E-state index contributed by atoms with van der Waals surface area (Å²) in [6.45, 7) is 4.68. The minimum Gasteiger partial charge on any atom is -0.367 e. The van der Waals surface area contributed by atoms with Crippen molar-refractivity contribution in [2.45, 2.75) is 13.8 Å². The van der Waals surface area contributed by atoms with E-state index in [9.17, 15) is 9.59 Å². The fraction of sp³-hybridized carbons (Fsp3) is 0.333. The van der Waals surface area contributed by atoms with Crippen LogP contribution in [0.5, 0.6) is 0 Å². The van der Waals surface area contributed by atoms with Gasteiger partial charge in [-0.05, 0) is 38.1 Å². The van der Waals surface area contributed by atoms with Gasteiger partial charge in [-0.1, -0.05) is 0 Å². The molecule has 0 spiro atoms. The Bertz CT molecular complexity index is 364. The van der Waals surface area contributed by atoms with E-state index in [2.05, 4.69) is 11.0 Å². The molecule has 0 radical (unpaired) electrons. The van der Waals surface area contributed by atoms with Crippen molar-refractivity contribution in [3.63, 3.8) is 0 Å². The number of nitrogens with one attached hydrogen (secondary N) is 2. The molecule has 98 valence electrons. The Hall–Kier alpha value is -1.92. The Kier molecular flexibility index (Phi) is 5.83. The molecule has 0 aliphatic carbocycles. The summed E-state index contributed by atoms with van der Waals surface area (Å²) in [6, 6.07) is 6.01. The van der Waals surface area contributed by atoms with Crippen molar-refractivity contribution in [3.05, 3.63) is 35.4 Å². The number of hydrogen-bond acceptors (Lipinski definition) is 6. The zero-order valence-corrected chi connectivity index (χ0v) is 10.4. The number of hydroxylamine groups is 2. The average Bonchev–Trinajstić information content (AvgIpc) is 2.42. The first-order valence-electron chi connectivity index (χ1n) is 5.67. The lowest BCUT2D eigenvalue weighted by molar-refractivity contribution is 0.0252. The Morgan fingerprint density at radius 2 is 1.22 bits per heavy atom. The molecule has 0 atom stereocenters. The number of carbonyl (C=O) groups excluding carboxylic acids is 2. The predicted molar refractivity (Wildman–Crippen MR) is 64.6 cm³/mol. The molecule has 6 heteroatoms. The van der Waals surface area contributed by atoms with Crippen LogP contribution < -0.4 is 11.0 Å². The molecular formula is C12H16N2O4. The van der Waals surface area contributed by atoms with Crippen LogP contribution in [0.25, 0.3) is 0 Å². The van der Waals surface area contributed by atoms with Gasteiger partial charge in [0.15, 0.2) is 0 Å². The summed E-state index contributed by atoms with van der Waals surface area (Å²) in [5, 5.41) is 0. The van der Waals surface area contributed by atoms with E-state index < -0.39 is 11.9 Å². The van der Waals surface area contributed by atoms with E-state index in [4.69, 9.17) is 9.68 Å². The van der Waals surface area contributed by atoms with Gasteiger partial charge in [-0.3, -0.25) is 0 Å². The molecule has 0 heterocycles. The molecule has 0 saturated heterocycles. The second kappa shape index (κ2) is 7.41. The molecule has 0 unspecified atom stereocenters. The Balaban J connectivity index is 2.62. The number of hydrogen-bond donors (Lipinski definition) is 2. The third-order valence-corrected chi connectivity index (χ3v) is 1.97. The Morgan fingerprint density at radius 1 is 0.889 bits per heavy atom. The van der Waals surface area contributed by atoms with E-state index in [0.717, 1.165) is 0 Å². The van der Waals surface area contributed by atoms with Crippen molar-refractivity contribution < 1.29 is 19.3 Å². The molecule has 1 aromatic rings. The van der Waals surface area contributed by atoms with Gasteiger partial charge in [0.25, 0.3) is 0 Å². The highest BCUT2D eigenvalue weighted by atomic mass is 16.7. The highest BCUT2D eigenvalue weighted by Crippen LogP contribution is 2.06. The first-order valence-corrected chi connectivity index (χ1v) is 5.67. The van der Waals surface area contributed by atoms with Gasteiger partial charge in [-0.15, -0.1) is 0 Å². The largest absolute Gasteiger partial charge is 0.367 e. The van der Waals surface area contributed by atoms with Crippen molar-refractivity contribution in [2.24, 2.45) is 0 Å². The van der Waals surface area contributed by atoms with E-state index >= 15 is 0 Å². The van der Waals surface area contributed by atoms with E-state index in [1.807, 2.05) is 13.8 Å². The first kappa shape index (κ1) is 14.1. The summed E-state index contributed by atoms with van der Waals surface area (Å²) in [4.78, 5) is 32.3. The SMILES string of the molecule is CCNOC(=O)c1ccc(C(=O)ONCC)cc1. The molecule has 0 aliphatic rings. The normalized spacial score (nSPS) is 9.89. The predicted octanol–water partition coefficient (Wildman–Crippen LogP) is 1.05. The number of rotatable bonds is 6. The van der Waals surface area contributed by atoms with Gasteiger partial charge in [0.2, 0.25) is 0 Å². The standard InChI is InChI=1S/C12H16N2O4/c1-3-13-17-11(15)9-5-7-10(8-6-9)12(16)18-14-4-2/h5-8,13-14H,3-4H2,1-2H3. The summed E-state index contributed by atoms with van der Waals surface area (Å²) in [5.74, 6) is -0.994. The highest BCUT2D eigenvalue weighted by molar-refractivity contribution is 5.93. The summed E-state index contributed by atoms with van der Waals surface area (Å²) < 4.78 is 0. The van der Waals surface area contributed by atoms with Gasteiger partial charge < -0.3 is 9.68 Å². The molecule has 0 aromatic heterocycles. The lowest BCUT2D eigenvalue weighted by Gasteiger charge is -2.05. The molecule has 18 heavy (non-hydrogen) atoms. The minimum absolute atomic E-state index is 0.357. The monoisotopic (exact) mass is 252 g/mol. The van der Waals surface area contributed by atoms with Gasteiger partial charge in [0.1, 0.15) is 0 Å². The molecule has 1 rings (SSSR count). The van der Waals surface area contributed by atoms with Crippen LogP contribution in [0.3, 0.4) is 0 Å². The maximum atomic E-state index is 11.4. The van der Waals surface area contributed by atoms with Crippen molar-refractivity contribution in [1.29, 1.82) is 0 Å². The van der Waals surface area contributed by atoms with Gasteiger partial charge in [0.05, 0.1) is 11.1 Å². The number of benzene rings is 1. The average molecular weight is 252 g/mol. The molecule has 1 aromatic carbocycles. The lowest BCUT2D eigenvalue weighted by Crippen LogP contribution is -2.20. The zero-order chi connectivity index (χ0) is 13.4. The van der Waals surface area contributed by atoms with Crippen LogP contribution in [0.1, 0.15) is 34.6 Å². The topological polar surface area (TPSA) is 76.7 Å². The van der Waals surface area contributed by atoms with Gasteiger partial charge in [-0.25, -0.2) is 9.59 Å². The molecule has 0 fully saturated rings. The van der Waals surface area contributed by atoms with E-state index in [0.29, 0.717) is 24.2 Å². The second-order valence-electron chi connectivity index (χ2n) is 3.35. The third-order valence-electron chi connectivity index (χ3n) is 1.97. The maximum absolute atomic E-state index is 11.4. The van der Waals surface area contributed by atoms with Crippen LogP contribution >= 0.6 is 0 Å². The van der Waals surface area contributed by atoms with Crippen molar-refractivity contribution >= 4 is 11.9 Å². The summed E-state index contributed by atoms with van der Waals surface area (Å²) in [5.41, 5.74) is 5.64. The summed E-state index contributed by atoms with van der Waals surface area (Å²) in [6.07, 6.45) is 0. The van der Waals surface area contributed by atoms with Gasteiger partial charge >= 0.3 is 11.9 Å². The Labute approximate surface area is 105 Å². The third kappa shape index (κ3) is 4.15. The molecule has 2 N–H and O–H groups in total. The van der Waals surface area contributed by atoms with Crippen LogP contribution in [0.4, 0.5) is 0 Å². The van der Waals surface area contributed by atoms with Crippen molar-refractivity contribution in [3.8, 4) is 0 Å². The smallest absolute Gasteiger partial charge is 0.356 e. The van der Waals surface area contributed by atoms with Crippen LogP contribution in [-0.2, 0) is 9.68 Å². The van der Waals surface area contributed by atoms with Crippen LogP contribution in [-0.4, -0.2) is 25.0 Å². The Morgan fingerprint density at radius 3 is 1.50 bits per heavy atom. The van der Waals surface area contributed by atoms with Crippen LogP contribution in [0, 0.1) is 0 Å². The zero-order valence-electron chi connectivity index (χ0n) is 10.4. The molecule has 0 saturated carbocycles. The first-order chi connectivity index (χ1) is 8.69. The van der Waals surface area contributed by atoms with Crippen LogP contribution in [0.2, 0.25) is 0 Å². The molecule has 0 aliphatic heterocycles. The summed E-state index contributed by atoms with van der Waals surface area (Å²) >= 11 is 0. The van der Waals surface area contributed by atoms with E-state index in [-0.39, 0.29) is 0 Å². The molecular weight excluding hydrogens is 236 g/mol. The number of carbonyl (C=O) groups is 2. The van der Waals surface area contributed by atoms with Crippen LogP contribution in [0.15, 0.2) is 24.3 Å². The fourth-order valence-corrected chi connectivity index (χ4v) is 1.14. The highest BCUT2D eigenvalue weighted by Gasteiger charge is 2.10.